The second-order valence-electron chi connectivity index (χ2n) is 0.575. The number of hydrogen-bond acceptors (Lipinski definition) is 4. The topological polar surface area (TPSA) is 269 Å². The molecule has 0 aromatic rings. The minimum Gasteiger partial charge on any atom is -0.543 e. The molecule has 0 aromatic heterocycles. The molecule has 0 amide bonds. The zero-order valence-electron chi connectivity index (χ0n) is 7.63. The van der Waals surface area contributed by atoms with Crippen LogP contribution >= 0.6 is 0 Å². The van der Waals surface area contributed by atoms with Crippen LogP contribution < -0.4 is 69.3 Å². The molecule has 14 heavy (non-hydrogen) atoms. The van der Waals surface area contributed by atoms with Crippen LogP contribution in [0.5, 0.6) is 0 Å². The first kappa shape index (κ1) is 84.9. The molecule has 0 aliphatic heterocycles. The molecule has 12 N–H and O–H groups in total. The third-order valence-electron chi connectivity index (χ3n) is 0.167. The minimum absolute atomic E-state index is 0. The van der Waals surface area contributed by atoms with Gasteiger partial charge in [0.2, 0.25) is 0 Å². The van der Waals surface area contributed by atoms with Gasteiger partial charge in [-0.2, -0.15) is 0 Å². The Morgan fingerprint density at radius 1 is 0.571 bits per heavy atom. The molecule has 0 aromatic carbocycles. The summed E-state index contributed by atoms with van der Waals surface area (Å²) >= 11 is 0. The molecule has 0 saturated heterocycles. The first-order chi connectivity index (χ1) is 2.64. The minimum atomic E-state index is -2.19. The maximum atomic E-state index is 8.93. The van der Waals surface area contributed by atoms with Crippen molar-refractivity contribution in [3.8, 4) is 0 Å². The molecule has 82 valence electrons. The predicted octanol–water partition coefficient (Wildman–Crippen LogP) is -14.5. The van der Waals surface area contributed by atoms with Gasteiger partial charge in [0.25, 0.3) is 0 Å². The smallest absolute Gasteiger partial charge is 0.543 e. The summed E-state index contributed by atoms with van der Waals surface area (Å²) in [7, 11) is 0. The fourth-order valence-corrected chi connectivity index (χ4v) is 0. The zero-order valence-corrected chi connectivity index (χ0v) is 11.6. The molecule has 0 bridgehead atoms. The maximum absolute atomic E-state index is 8.93. The van der Waals surface area contributed by atoms with Crippen LogP contribution in [-0.2, 0) is 9.59 Å². The quantitative estimate of drug-likeness (QED) is 0.295. The molecule has 0 atom stereocenters. The van der Waals surface area contributed by atoms with Crippen LogP contribution in [0.1, 0.15) is 0 Å². The first-order valence-corrected chi connectivity index (χ1v) is 1.07. The Kier molecular flexibility index (Phi) is 299. The summed E-state index contributed by atoms with van der Waals surface area (Å²) in [5.41, 5.74) is 0. The van der Waals surface area contributed by atoms with Crippen molar-refractivity contribution >= 4 is 11.9 Å². The molecule has 0 saturated carbocycles. The van der Waals surface area contributed by atoms with Crippen molar-refractivity contribution < 1.29 is 112 Å². The summed E-state index contributed by atoms with van der Waals surface area (Å²) in [6.45, 7) is 0. The predicted molar refractivity (Wildman–Crippen MR) is 31.7 cm³/mol. The van der Waals surface area contributed by atoms with Crippen molar-refractivity contribution in [2.45, 2.75) is 0 Å². The van der Waals surface area contributed by atoms with Gasteiger partial charge in [-0.25, -0.2) is 0 Å². The molecule has 0 fully saturated rings. The number of aliphatic carboxylic acids is 2. The van der Waals surface area contributed by atoms with E-state index in [2.05, 4.69) is 0 Å². The number of hydrogen-bond donors (Lipinski definition) is 0. The molecule has 0 aliphatic carbocycles. The largest absolute Gasteiger partial charge is 1.00 e. The fourth-order valence-electron chi connectivity index (χ4n) is 0. The van der Waals surface area contributed by atoms with Gasteiger partial charge in [0.15, 0.2) is 0 Å². The summed E-state index contributed by atoms with van der Waals surface area (Å²) in [5, 5.41) is 17.9. The molecule has 0 heterocycles. The van der Waals surface area contributed by atoms with E-state index in [1.54, 1.807) is 0 Å². The van der Waals surface area contributed by atoms with E-state index in [9.17, 15) is 0 Å². The second kappa shape index (κ2) is 49.2. The number of carbonyl (C=O) groups excluding carboxylic acids is 2. The fraction of sp³-hybridized carbons (Fsp3) is 0. The Morgan fingerprint density at radius 2 is 0.643 bits per heavy atom. The molecule has 0 spiro atoms. The Balaban J connectivity index is -0.00000000446. The summed E-state index contributed by atoms with van der Waals surface area (Å²) in [5.74, 6) is -4.37. The van der Waals surface area contributed by atoms with Gasteiger partial charge in [0.05, 0.1) is 11.9 Å². The van der Waals surface area contributed by atoms with Crippen LogP contribution in [0.3, 0.4) is 0 Å². The van der Waals surface area contributed by atoms with E-state index in [1.807, 2.05) is 0 Å². The van der Waals surface area contributed by atoms with Gasteiger partial charge < -0.3 is 52.7 Å². The van der Waals surface area contributed by atoms with E-state index in [-0.39, 0.29) is 92.0 Å². The van der Waals surface area contributed by atoms with Crippen LogP contribution in [0.25, 0.3) is 0 Å². The van der Waals surface area contributed by atoms with Gasteiger partial charge in [-0.15, -0.1) is 0 Å². The summed E-state index contributed by atoms with van der Waals surface area (Å²) < 4.78 is 0. The standard InChI is InChI=1S/C2H2O4.2Na.6H2O/c3-1(4)2(5)6;;;;;;;;/h(H,3,4)(H,5,6);;;6*1H2/q;2*+1;;;;;;/p-2. The van der Waals surface area contributed by atoms with E-state index in [4.69, 9.17) is 19.8 Å². The van der Waals surface area contributed by atoms with Gasteiger partial charge in [-0.1, -0.05) is 0 Å². The van der Waals surface area contributed by atoms with Crippen LogP contribution in [0, 0.1) is 0 Å². The third-order valence-corrected chi connectivity index (χ3v) is 0.167. The number of rotatable bonds is 0. The van der Waals surface area contributed by atoms with Crippen LogP contribution in [0.15, 0.2) is 0 Å². The molecule has 12 heteroatoms. The third kappa shape index (κ3) is 78.7. The molecule has 0 radical (unpaired) electrons. The molecule has 10 nitrogen and oxygen atoms in total. The van der Waals surface area contributed by atoms with Crippen molar-refractivity contribution in [3.63, 3.8) is 0 Å². The van der Waals surface area contributed by atoms with E-state index >= 15 is 0 Å². The van der Waals surface area contributed by atoms with E-state index in [0.29, 0.717) is 0 Å². The van der Waals surface area contributed by atoms with E-state index in [1.165, 1.54) is 0 Å². The number of carbonyl (C=O) groups is 2. The average molecular weight is 242 g/mol. The van der Waals surface area contributed by atoms with E-state index in [0.717, 1.165) is 0 Å². The molecule has 0 unspecified atom stereocenters. The Bertz CT molecular complexity index is 82.1. The van der Waals surface area contributed by atoms with Crippen LogP contribution in [0.2, 0.25) is 0 Å². The monoisotopic (exact) mass is 242 g/mol. The number of carboxylic acids is 2. The number of carboxylic acid groups (broad SMARTS) is 2. The zero-order chi connectivity index (χ0) is 5.15. The second-order valence-corrected chi connectivity index (χ2v) is 0.575. The molecular formula is C2H12Na2O10. The van der Waals surface area contributed by atoms with Crippen LogP contribution in [-0.4, -0.2) is 44.8 Å². The van der Waals surface area contributed by atoms with Gasteiger partial charge in [0, 0.05) is 0 Å². The van der Waals surface area contributed by atoms with Gasteiger partial charge in [-0.3, -0.25) is 0 Å². The summed E-state index contributed by atoms with van der Waals surface area (Å²) in [6, 6.07) is 0. The van der Waals surface area contributed by atoms with Crippen molar-refractivity contribution in [3.05, 3.63) is 0 Å². The molecular weight excluding hydrogens is 230 g/mol. The van der Waals surface area contributed by atoms with Crippen molar-refractivity contribution in [1.82, 2.24) is 0 Å². The Hall–Kier alpha value is 0.700. The maximum Gasteiger partial charge on any atom is 1.00 e. The van der Waals surface area contributed by atoms with E-state index < -0.39 is 11.9 Å². The van der Waals surface area contributed by atoms with Crippen molar-refractivity contribution in [2.24, 2.45) is 0 Å². The summed E-state index contributed by atoms with van der Waals surface area (Å²) in [6.07, 6.45) is 0. The first-order valence-electron chi connectivity index (χ1n) is 1.07. The Labute approximate surface area is 123 Å². The van der Waals surface area contributed by atoms with Crippen molar-refractivity contribution in [1.29, 1.82) is 0 Å². The van der Waals surface area contributed by atoms with Gasteiger partial charge in [0.1, 0.15) is 0 Å². The normalized spacial score (nSPS) is 3.14. The Morgan fingerprint density at radius 3 is 0.643 bits per heavy atom. The molecule has 0 rings (SSSR count). The SMILES string of the molecule is O.O.O.O.O.O.O=C([O-])C(=O)[O-].[Na+].[Na+]. The average Bonchev–Trinajstić information content (AvgIpc) is 1.36. The molecule has 0 aliphatic rings. The van der Waals surface area contributed by atoms with Gasteiger partial charge >= 0.3 is 59.1 Å². The summed E-state index contributed by atoms with van der Waals surface area (Å²) in [4.78, 5) is 17.9. The van der Waals surface area contributed by atoms with Crippen LogP contribution in [0.4, 0.5) is 0 Å². The van der Waals surface area contributed by atoms with Gasteiger partial charge in [-0.05, 0) is 0 Å². The van der Waals surface area contributed by atoms with Crippen molar-refractivity contribution in [2.75, 3.05) is 0 Å².